The average Bonchev–Trinajstić information content (AvgIpc) is 2.52. The number of alkyl halides is 3. The molecule has 0 aromatic heterocycles. The summed E-state index contributed by atoms with van der Waals surface area (Å²) >= 11 is 0. The van der Waals surface area contributed by atoms with Gasteiger partial charge in [0.15, 0.2) is 11.5 Å². The van der Waals surface area contributed by atoms with Crippen LogP contribution in [-0.4, -0.2) is 50.6 Å². The molecule has 1 heterocycles. The normalized spacial score (nSPS) is 19.6. The molecule has 0 radical (unpaired) electrons. The number of piperidine rings is 1. The van der Waals surface area contributed by atoms with Crippen molar-refractivity contribution in [1.82, 2.24) is 4.31 Å². The largest absolute Gasteiger partial charge is 0.497 e. The van der Waals surface area contributed by atoms with E-state index in [4.69, 9.17) is 4.74 Å². The van der Waals surface area contributed by atoms with Gasteiger partial charge in [-0.1, -0.05) is 0 Å². The van der Waals surface area contributed by atoms with E-state index in [0.717, 1.165) is 4.31 Å². The number of rotatable bonds is 5. The van der Waals surface area contributed by atoms with Crippen molar-refractivity contribution in [1.29, 1.82) is 0 Å². The predicted octanol–water partition coefficient (Wildman–Crippen LogP) is 2.79. The highest BCUT2D eigenvalue weighted by atomic mass is 32.2. The molecule has 0 saturated carbocycles. The van der Waals surface area contributed by atoms with Gasteiger partial charge in [0.25, 0.3) is 0 Å². The van der Waals surface area contributed by atoms with Crippen molar-refractivity contribution >= 4 is 15.8 Å². The fourth-order valence-corrected chi connectivity index (χ4v) is 4.38. The molecule has 140 valence electrons. The molecular weight excluding hydrogens is 359 g/mol. The summed E-state index contributed by atoms with van der Waals surface area (Å²) in [6.07, 6.45) is -4.01. The van der Waals surface area contributed by atoms with Crippen LogP contribution >= 0.6 is 0 Å². The first-order chi connectivity index (χ1) is 11.5. The van der Waals surface area contributed by atoms with Crippen molar-refractivity contribution in [3.05, 3.63) is 29.3 Å². The van der Waals surface area contributed by atoms with Gasteiger partial charge in [-0.2, -0.15) is 13.2 Å². The Labute approximate surface area is 144 Å². The van der Waals surface area contributed by atoms with Crippen molar-refractivity contribution < 1.29 is 31.1 Å². The van der Waals surface area contributed by atoms with Gasteiger partial charge in [-0.15, -0.1) is 0 Å². The Hall–Kier alpha value is -1.61. The Morgan fingerprint density at radius 3 is 2.60 bits per heavy atom. The number of halogens is 3. The second-order valence-electron chi connectivity index (χ2n) is 6.11. The predicted molar refractivity (Wildman–Crippen MR) is 86.2 cm³/mol. The van der Waals surface area contributed by atoms with E-state index in [1.165, 1.54) is 7.11 Å². The van der Waals surface area contributed by atoms with E-state index in [1.807, 2.05) is 0 Å². The van der Waals surface area contributed by atoms with E-state index >= 15 is 0 Å². The molecule has 1 aliphatic rings. The van der Waals surface area contributed by atoms with Gasteiger partial charge in [-0.05, 0) is 43.5 Å². The molecule has 1 aromatic rings. The van der Waals surface area contributed by atoms with E-state index in [0.29, 0.717) is 29.7 Å². The van der Waals surface area contributed by atoms with Gasteiger partial charge in [0, 0.05) is 24.6 Å². The minimum absolute atomic E-state index is 0.00376. The number of hydrogen-bond donors (Lipinski definition) is 0. The molecule has 2 rings (SSSR count). The Balaban J connectivity index is 2.17. The Kier molecular flexibility index (Phi) is 5.78. The number of ether oxygens (including phenoxy) is 1. The standard InChI is InChI=1S/C16H20F3NO4S/c1-11-8-13(24-2)5-6-14(11)15(21)12-4-3-7-20(9-12)25(22,23)10-16(17,18)19/h5-6,8,12H,3-4,7,9-10H2,1-2H3/t12-/m0/s1. The summed E-state index contributed by atoms with van der Waals surface area (Å²) < 4.78 is 67.1. The number of nitrogens with zero attached hydrogens (tertiary/aromatic N) is 1. The molecule has 0 unspecified atom stereocenters. The third kappa shape index (κ3) is 4.94. The van der Waals surface area contributed by atoms with Crippen LogP contribution in [0.3, 0.4) is 0 Å². The monoisotopic (exact) mass is 379 g/mol. The molecule has 0 aliphatic carbocycles. The van der Waals surface area contributed by atoms with Gasteiger partial charge < -0.3 is 4.74 Å². The lowest BCUT2D eigenvalue weighted by Crippen LogP contribution is -2.45. The molecule has 25 heavy (non-hydrogen) atoms. The van der Waals surface area contributed by atoms with E-state index in [9.17, 15) is 26.4 Å². The highest BCUT2D eigenvalue weighted by Gasteiger charge is 2.40. The van der Waals surface area contributed by atoms with Crippen LogP contribution in [0.5, 0.6) is 5.75 Å². The van der Waals surface area contributed by atoms with Crippen LogP contribution in [0.15, 0.2) is 18.2 Å². The van der Waals surface area contributed by atoms with Gasteiger partial charge >= 0.3 is 6.18 Å². The van der Waals surface area contributed by atoms with Crippen molar-refractivity contribution in [3.8, 4) is 5.75 Å². The van der Waals surface area contributed by atoms with Crippen LogP contribution in [-0.2, 0) is 10.0 Å². The number of ketones is 1. The smallest absolute Gasteiger partial charge is 0.404 e. The van der Waals surface area contributed by atoms with Gasteiger partial charge in [0.1, 0.15) is 5.75 Å². The third-order valence-electron chi connectivity index (χ3n) is 4.19. The number of sulfonamides is 1. The second kappa shape index (κ2) is 7.33. The molecular formula is C16H20F3NO4S. The molecule has 0 amide bonds. The highest BCUT2D eigenvalue weighted by molar-refractivity contribution is 7.89. The maximum absolute atomic E-state index is 12.7. The number of aryl methyl sites for hydroxylation is 1. The van der Waals surface area contributed by atoms with E-state index in [1.54, 1.807) is 25.1 Å². The molecule has 0 spiro atoms. The molecule has 1 aliphatic heterocycles. The summed E-state index contributed by atoms with van der Waals surface area (Å²) in [5.74, 6) is -2.22. The van der Waals surface area contributed by atoms with Crippen LogP contribution in [0.4, 0.5) is 13.2 Å². The SMILES string of the molecule is COc1ccc(C(=O)[C@H]2CCCN(S(=O)(=O)CC(F)(F)F)C2)c(C)c1. The number of methoxy groups -OCH3 is 1. The van der Waals surface area contributed by atoms with Gasteiger partial charge in [0.2, 0.25) is 10.0 Å². The summed E-state index contributed by atoms with van der Waals surface area (Å²) in [7, 11) is -2.97. The zero-order chi connectivity index (χ0) is 18.8. The zero-order valence-electron chi connectivity index (χ0n) is 14.0. The number of Topliss-reactive ketones (excluding diaryl/α,β-unsaturated/α-hetero) is 1. The van der Waals surface area contributed by atoms with Crippen molar-refractivity contribution in [2.75, 3.05) is 26.0 Å². The van der Waals surface area contributed by atoms with Crippen LogP contribution in [0.25, 0.3) is 0 Å². The van der Waals surface area contributed by atoms with E-state index in [-0.39, 0.29) is 18.9 Å². The maximum Gasteiger partial charge on any atom is 0.404 e. The van der Waals surface area contributed by atoms with Crippen LogP contribution in [0.1, 0.15) is 28.8 Å². The Morgan fingerprint density at radius 2 is 2.04 bits per heavy atom. The molecule has 5 nitrogen and oxygen atoms in total. The van der Waals surface area contributed by atoms with E-state index in [2.05, 4.69) is 0 Å². The Morgan fingerprint density at radius 1 is 1.36 bits per heavy atom. The fraction of sp³-hybridized carbons (Fsp3) is 0.562. The quantitative estimate of drug-likeness (QED) is 0.738. The lowest BCUT2D eigenvalue weighted by molar-refractivity contribution is -0.107. The first-order valence-corrected chi connectivity index (χ1v) is 9.38. The number of carbonyl (C=O) groups excluding carboxylic acids is 1. The number of benzene rings is 1. The van der Waals surface area contributed by atoms with Crippen molar-refractivity contribution in [2.45, 2.75) is 25.9 Å². The van der Waals surface area contributed by atoms with Crippen molar-refractivity contribution in [3.63, 3.8) is 0 Å². The maximum atomic E-state index is 12.7. The summed E-state index contributed by atoms with van der Waals surface area (Å²) in [5, 5.41) is 0. The van der Waals surface area contributed by atoms with Crippen LogP contribution in [0.2, 0.25) is 0 Å². The third-order valence-corrected chi connectivity index (χ3v) is 6.00. The van der Waals surface area contributed by atoms with Crippen LogP contribution < -0.4 is 4.74 Å². The summed E-state index contributed by atoms with van der Waals surface area (Å²) in [5.41, 5.74) is 1.11. The number of hydrogen-bond acceptors (Lipinski definition) is 4. The van der Waals surface area contributed by atoms with Gasteiger partial charge in [0.05, 0.1) is 7.11 Å². The average molecular weight is 379 g/mol. The minimum Gasteiger partial charge on any atom is -0.497 e. The molecule has 1 saturated heterocycles. The Bertz CT molecular complexity index is 746. The molecule has 1 fully saturated rings. The van der Waals surface area contributed by atoms with E-state index < -0.39 is 27.9 Å². The van der Waals surface area contributed by atoms with Gasteiger partial charge in [-0.25, -0.2) is 12.7 Å². The topological polar surface area (TPSA) is 63.7 Å². The first-order valence-electron chi connectivity index (χ1n) is 7.77. The summed E-state index contributed by atoms with van der Waals surface area (Å²) in [4.78, 5) is 12.7. The lowest BCUT2D eigenvalue weighted by Gasteiger charge is -2.31. The molecule has 0 bridgehead atoms. The summed E-state index contributed by atoms with van der Waals surface area (Å²) in [6.45, 7) is 1.52. The molecule has 0 N–H and O–H groups in total. The van der Waals surface area contributed by atoms with Crippen molar-refractivity contribution in [2.24, 2.45) is 5.92 Å². The highest BCUT2D eigenvalue weighted by Crippen LogP contribution is 2.28. The first kappa shape index (κ1) is 19.7. The lowest BCUT2D eigenvalue weighted by atomic mass is 9.89. The minimum atomic E-state index is -4.80. The summed E-state index contributed by atoms with van der Waals surface area (Å²) in [6, 6.07) is 4.91. The molecule has 1 atom stereocenters. The fourth-order valence-electron chi connectivity index (χ4n) is 2.97. The molecule has 1 aromatic carbocycles. The van der Waals surface area contributed by atoms with Gasteiger partial charge in [-0.3, -0.25) is 4.79 Å². The zero-order valence-corrected chi connectivity index (χ0v) is 14.8. The second-order valence-corrected chi connectivity index (χ2v) is 8.08. The number of carbonyl (C=O) groups is 1. The molecule has 9 heteroatoms. The van der Waals surface area contributed by atoms with Crippen LogP contribution in [0, 0.1) is 12.8 Å².